The third kappa shape index (κ3) is 6.93. The highest BCUT2D eigenvalue weighted by Crippen LogP contribution is 2.11. The average Bonchev–Trinajstić information content (AvgIpc) is 2.40. The Morgan fingerprint density at radius 2 is 1.78 bits per heavy atom. The first-order valence-corrected chi connectivity index (χ1v) is 6.53. The van der Waals surface area contributed by atoms with Crippen molar-refractivity contribution < 1.29 is 19.0 Å². The molecule has 0 saturated carbocycles. The van der Waals surface area contributed by atoms with E-state index in [0.717, 1.165) is 19.4 Å². The number of hydrogen-bond donors (Lipinski definition) is 1. The summed E-state index contributed by atoms with van der Waals surface area (Å²) in [6.45, 7) is 6.39. The normalized spacial score (nSPS) is 14.2. The van der Waals surface area contributed by atoms with E-state index in [9.17, 15) is 4.79 Å². The molecule has 0 aromatic rings. The van der Waals surface area contributed by atoms with Gasteiger partial charge in [0.25, 0.3) is 0 Å². The number of carbonyl (C=O) groups is 1. The molecule has 0 rings (SSSR count). The molecule has 108 valence electrons. The molecule has 1 N–H and O–H groups in total. The summed E-state index contributed by atoms with van der Waals surface area (Å²) in [5, 5.41) is 2.96. The summed E-state index contributed by atoms with van der Waals surface area (Å²) in [4.78, 5) is 11.5. The first-order valence-electron chi connectivity index (χ1n) is 6.53. The van der Waals surface area contributed by atoms with Crippen molar-refractivity contribution in [2.45, 2.75) is 38.6 Å². The van der Waals surface area contributed by atoms with E-state index in [4.69, 9.17) is 14.2 Å². The lowest BCUT2D eigenvalue weighted by Gasteiger charge is -2.25. The largest absolute Gasteiger partial charge is 0.468 e. The fourth-order valence-electron chi connectivity index (χ4n) is 1.40. The fraction of sp³-hybridized carbons (Fsp3) is 0.923. The molecule has 0 bridgehead atoms. The first kappa shape index (κ1) is 17.4. The predicted octanol–water partition coefficient (Wildman–Crippen LogP) is 1.36. The van der Waals surface area contributed by atoms with Gasteiger partial charge in [-0.15, -0.1) is 0 Å². The summed E-state index contributed by atoms with van der Waals surface area (Å²) < 4.78 is 15.5. The number of likely N-dealkylation sites (N-methyl/N-ethyl adjacent to an activating group) is 1. The van der Waals surface area contributed by atoms with Gasteiger partial charge in [0.1, 0.15) is 5.54 Å². The van der Waals surface area contributed by atoms with Crippen molar-refractivity contribution in [3.8, 4) is 0 Å². The summed E-state index contributed by atoms with van der Waals surface area (Å²) in [6, 6.07) is 0. The smallest absolute Gasteiger partial charge is 0.325 e. The Hall–Kier alpha value is -0.650. The second-order valence-corrected chi connectivity index (χ2v) is 4.40. The van der Waals surface area contributed by atoms with Crippen LogP contribution in [0.4, 0.5) is 0 Å². The van der Waals surface area contributed by atoms with Crippen LogP contribution in [0.5, 0.6) is 0 Å². The van der Waals surface area contributed by atoms with Crippen molar-refractivity contribution in [3.63, 3.8) is 0 Å². The summed E-state index contributed by atoms with van der Waals surface area (Å²) in [6.07, 6.45) is 2.80. The van der Waals surface area contributed by atoms with Gasteiger partial charge in [0.15, 0.2) is 0 Å². The SMILES string of the molecule is CCCCOCCOCCC(C)(NC)C(=O)OC. The molecular formula is C13H27NO4. The maximum absolute atomic E-state index is 11.5. The number of ether oxygens (including phenoxy) is 3. The van der Waals surface area contributed by atoms with Crippen molar-refractivity contribution >= 4 is 5.97 Å². The van der Waals surface area contributed by atoms with Crippen molar-refractivity contribution in [1.82, 2.24) is 5.32 Å². The van der Waals surface area contributed by atoms with Crippen LogP contribution >= 0.6 is 0 Å². The summed E-state index contributed by atoms with van der Waals surface area (Å²) in [5.74, 6) is -0.271. The molecular weight excluding hydrogens is 234 g/mol. The van der Waals surface area contributed by atoms with Crippen molar-refractivity contribution in [3.05, 3.63) is 0 Å². The number of rotatable bonds is 11. The lowest BCUT2D eigenvalue weighted by atomic mass is 9.99. The molecule has 0 heterocycles. The Labute approximate surface area is 110 Å². The van der Waals surface area contributed by atoms with E-state index >= 15 is 0 Å². The van der Waals surface area contributed by atoms with Crippen LogP contribution in [0.2, 0.25) is 0 Å². The Kier molecular flexibility index (Phi) is 9.92. The van der Waals surface area contributed by atoms with Crippen LogP contribution in [0.1, 0.15) is 33.1 Å². The number of carbonyl (C=O) groups excluding carboxylic acids is 1. The van der Waals surface area contributed by atoms with Gasteiger partial charge in [0.2, 0.25) is 0 Å². The minimum atomic E-state index is -0.683. The topological polar surface area (TPSA) is 56.8 Å². The highest BCUT2D eigenvalue weighted by molar-refractivity contribution is 5.80. The molecule has 0 aromatic heterocycles. The lowest BCUT2D eigenvalue weighted by molar-refractivity contribution is -0.148. The third-order valence-corrected chi connectivity index (χ3v) is 2.95. The maximum Gasteiger partial charge on any atom is 0.325 e. The van der Waals surface area contributed by atoms with E-state index in [1.165, 1.54) is 7.11 Å². The van der Waals surface area contributed by atoms with E-state index in [1.54, 1.807) is 14.0 Å². The maximum atomic E-state index is 11.5. The zero-order valence-corrected chi connectivity index (χ0v) is 12.1. The Bertz CT molecular complexity index is 223. The van der Waals surface area contributed by atoms with Crippen LogP contribution in [0.25, 0.3) is 0 Å². The van der Waals surface area contributed by atoms with Gasteiger partial charge in [0.05, 0.1) is 20.3 Å². The minimum Gasteiger partial charge on any atom is -0.468 e. The van der Waals surface area contributed by atoms with Crippen molar-refractivity contribution in [1.29, 1.82) is 0 Å². The summed E-state index contributed by atoms with van der Waals surface area (Å²) in [7, 11) is 3.13. The van der Waals surface area contributed by atoms with Crippen molar-refractivity contribution in [2.24, 2.45) is 0 Å². The molecule has 0 saturated heterocycles. The highest BCUT2D eigenvalue weighted by Gasteiger charge is 2.31. The van der Waals surface area contributed by atoms with Gasteiger partial charge in [-0.3, -0.25) is 4.79 Å². The third-order valence-electron chi connectivity index (χ3n) is 2.95. The number of methoxy groups -OCH3 is 1. The van der Waals surface area contributed by atoms with E-state index in [2.05, 4.69) is 12.2 Å². The second-order valence-electron chi connectivity index (χ2n) is 4.40. The molecule has 1 atom stereocenters. The molecule has 0 aliphatic heterocycles. The standard InChI is InChI=1S/C13H27NO4/c1-5-6-8-17-10-11-18-9-7-13(2,14-3)12(15)16-4/h14H,5-11H2,1-4H3. The van der Waals surface area contributed by atoms with E-state index < -0.39 is 5.54 Å². The molecule has 0 fully saturated rings. The molecule has 0 radical (unpaired) electrons. The summed E-state index contributed by atoms with van der Waals surface area (Å²) >= 11 is 0. The van der Waals surface area contributed by atoms with Crippen LogP contribution in [-0.2, 0) is 19.0 Å². The van der Waals surface area contributed by atoms with Gasteiger partial charge in [-0.2, -0.15) is 0 Å². The molecule has 0 aliphatic carbocycles. The zero-order chi connectivity index (χ0) is 13.9. The quantitative estimate of drug-likeness (QED) is 0.449. The van der Waals surface area contributed by atoms with Crippen LogP contribution in [0.15, 0.2) is 0 Å². The fourth-order valence-corrected chi connectivity index (χ4v) is 1.40. The van der Waals surface area contributed by atoms with E-state index in [1.807, 2.05) is 0 Å². The minimum absolute atomic E-state index is 0.271. The van der Waals surface area contributed by atoms with Crippen LogP contribution < -0.4 is 5.32 Å². The summed E-state index contributed by atoms with van der Waals surface area (Å²) in [5.41, 5.74) is -0.683. The van der Waals surface area contributed by atoms with Gasteiger partial charge in [-0.1, -0.05) is 13.3 Å². The van der Waals surface area contributed by atoms with Gasteiger partial charge in [-0.25, -0.2) is 0 Å². The van der Waals surface area contributed by atoms with Crippen LogP contribution in [0.3, 0.4) is 0 Å². The monoisotopic (exact) mass is 261 g/mol. The molecule has 0 amide bonds. The van der Waals surface area contributed by atoms with Crippen LogP contribution in [0, 0.1) is 0 Å². The van der Waals surface area contributed by atoms with Crippen LogP contribution in [-0.4, -0.2) is 52.1 Å². The number of nitrogens with one attached hydrogen (secondary N) is 1. The second kappa shape index (κ2) is 10.3. The molecule has 5 nitrogen and oxygen atoms in total. The van der Waals surface area contributed by atoms with Gasteiger partial charge < -0.3 is 19.5 Å². The Balaban J connectivity index is 3.60. The van der Waals surface area contributed by atoms with Gasteiger partial charge in [-0.05, 0) is 26.8 Å². The van der Waals surface area contributed by atoms with Crippen molar-refractivity contribution in [2.75, 3.05) is 40.6 Å². The lowest BCUT2D eigenvalue weighted by Crippen LogP contribution is -2.49. The Morgan fingerprint density at radius 3 is 2.28 bits per heavy atom. The number of hydrogen-bond acceptors (Lipinski definition) is 5. The highest BCUT2D eigenvalue weighted by atomic mass is 16.5. The predicted molar refractivity (Wildman–Crippen MR) is 70.6 cm³/mol. The van der Waals surface area contributed by atoms with E-state index in [0.29, 0.717) is 26.2 Å². The molecule has 0 aliphatic rings. The molecule has 1 unspecified atom stereocenters. The van der Waals surface area contributed by atoms with Gasteiger partial charge >= 0.3 is 5.97 Å². The molecule has 0 spiro atoms. The Morgan fingerprint density at radius 1 is 1.17 bits per heavy atom. The molecule has 5 heteroatoms. The van der Waals surface area contributed by atoms with E-state index in [-0.39, 0.29) is 5.97 Å². The zero-order valence-electron chi connectivity index (χ0n) is 12.1. The first-order chi connectivity index (χ1) is 8.60. The number of unbranched alkanes of at least 4 members (excludes halogenated alkanes) is 1. The molecule has 0 aromatic carbocycles. The molecule has 18 heavy (non-hydrogen) atoms. The average molecular weight is 261 g/mol. The number of esters is 1. The van der Waals surface area contributed by atoms with Gasteiger partial charge in [0, 0.05) is 13.2 Å².